The van der Waals surface area contributed by atoms with E-state index in [1.54, 1.807) is 0 Å². The van der Waals surface area contributed by atoms with Crippen LogP contribution in [-0.4, -0.2) is 47.9 Å². The van der Waals surface area contributed by atoms with Crippen LogP contribution in [0.1, 0.15) is 18.0 Å². The van der Waals surface area contributed by atoms with E-state index < -0.39 is 0 Å². The molecule has 3 N–H and O–H groups in total. The molecule has 1 saturated heterocycles. The van der Waals surface area contributed by atoms with Gasteiger partial charge in [-0.05, 0) is 63.7 Å². The fourth-order valence-electron chi connectivity index (χ4n) is 2.49. The maximum absolute atomic E-state index is 10.3. The number of aromatic hydroxyl groups is 1. The van der Waals surface area contributed by atoms with Crippen molar-refractivity contribution in [2.75, 3.05) is 32.8 Å². The fourth-order valence-corrected chi connectivity index (χ4v) is 4.38. The smallest absolute Gasteiger partial charge is 0.133 e. The van der Waals surface area contributed by atoms with Gasteiger partial charge < -0.3 is 15.5 Å². The zero-order valence-corrected chi connectivity index (χ0v) is 16.1. The summed E-state index contributed by atoms with van der Waals surface area (Å²) < 4.78 is 1.99. The van der Waals surface area contributed by atoms with Crippen molar-refractivity contribution in [3.05, 3.63) is 24.8 Å². The number of halogens is 3. The number of phenols is 1. The molecule has 0 bridgehead atoms. The Morgan fingerprint density at radius 2 is 1.90 bits per heavy atom. The molecule has 4 nitrogen and oxygen atoms in total. The van der Waals surface area contributed by atoms with Crippen LogP contribution in [-0.2, 0) is 0 Å². The van der Waals surface area contributed by atoms with Crippen LogP contribution < -0.4 is 5.32 Å². The maximum Gasteiger partial charge on any atom is 0.133 e. The van der Waals surface area contributed by atoms with Crippen LogP contribution >= 0.6 is 57.6 Å². The number of phenolic OH excluding ortho intramolecular Hbond substituents is 1. The second-order valence-electron chi connectivity index (χ2n) is 4.64. The van der Waals surface area contributed by atoms with E-state index in [4.69, 9.17) is 0 Å². The van der Waals surface area contributed by atoms with Crippen LogP contribution in [0.2, 0.25) is 0 Å². The number of hydrogen-bond donors (Lipinski definition) is 3. The first-order valence-corrected chi connectivity index (χ1v) is 8.52. The second-order valence-corrected chi connectivity index (χ2v) is 7.05. The summed E-state index contributed by atoms with van der Waals surface area (Å²) in [6.45, 7) is 3.96. The molecule has 114 valence electrons. The molecule has 2 rings (SSSR count). The first-order valence-electron chi connectivity index (χ1n) is 6.37. The Morgan fingerprint density at radius 1 is 1.25 bits per heavy atom. The van der Waals surface area contributed by atoms with Gasteiger partial charge in [-0.25, -0.2) is 0 Å². The lowest BCUT2D eigenvalue weighted by Crippen LogP contribution is -2.45. The lowest BCUT2D eigenvalue weighted by Gasteiger charge is -2.35. The molecule has 7 heteroatoms. The van der Waals surface area contributed by atoms with Crippen molar-refractivity contribution in [1.29, 1.82) is 0 Å². The summed E-state index contributed by atoms with van der Waals surface area (Å²) in [5.74, 6) is 0.359. The van der Waals surface area contributed by atoms with E-state index in [0.717, 1.165) is 38.9 Å². The van der Waals surface area contributed by atoms with Gasteiger partial charge >= 0.3 is 0 Å². The molecule has 1 aliphatic rings. The number of benzene rings is 1. The van der Waals surface area contributed by atoms with Crippen molar-refractivity contribution in [3.63, 3.8) is 0 Å². The molecule has 0 aromatic heterocycles. The third-order valence-corrected chi connectivity index (χ3v) is 4.86. The number of aliphatic hydroxyl groups is 1. The second kappa shape index (κ2) is 8.94. The molecule has 1 aromatic carbocycles. The van der Waals surface area contributed by atoms with Crippen molar-refractivity contribution in [3.8, 4) is 5.75 Å². The Morgan fingerprint density at radius 3 is 2.50 bits per heavy atom. The standard InChI is InChI=1S/C13H18I2N2O2.ClH/c14-9-7-10(13(19)11(15)8-9)12(1-6-18)17-4-2-16-3-5-17;/h7-8,12,16,18-19H,1-6H2;1H/t12-;/m1./s1. The first-order chi connectivity index (χ1) is 9.13. The zero-order valence-electron chi connectivity index (χ0n) is 11.0. The Hall–Kier alpha value is 0.650. The minimum absolute atomic E-state index is 0. The lowest BCUT2D eigenvalue weighted by molar-refractivity contribution is 0.139. The summed E-state index contributed by atoms with van der Waals surface area (Å²) in [7, 11) is 0. The van der Waals surface area contributed by atoms with Gasteiger partial charge in [-0.2, -0.15) is 0 Å². The van der Waals surface area contributed by atoms with E-state index in [0.29, 0.717) is 12.2 Å². The molecule has 1 aromatic rings. The Balaban J connectivity index is 0.00000200. The number of piperazine rings is 1. The molecule has 20 heavy (non-hydrogen) atoms. The largest absolute Gasteiger partial charge is 0.506 e. The number of aliphatic hydroxyl groups excluding tert-OH is 1. The van der Waals surface area contributed by atoms with Crippen LogP contribution in [0, 0.1) is 7.14 Å². The summed E-state index contributed by atoms with van der Waals surface area (Å²) in [4.78, 5) is 2.34. The van der Waals surface area contributed by atoms with Crippen molar-refractivity contribution >= 4 is 57.6 Å². The van der Waals surface area contributed by atoms with Gasteiger partial charge in [0.05, 0.1) is 3.57 Å². The Bertz CT molecular complexity index is 443. The van der Waals surface area contributed by atoms with Gasteiger partial charge in [0.2, 0.25) is 0 Å². The number of nitrogens with one attached hydrogen (secondary N) is 1. The first kappa shape index (κ1) is 18.7. The van der Waals surface area contributed by atoms with Gasteiger partial charge in [-0.1, -0.05) is 0 Å². The van der Waals surface area contributed by atoms with Crippen LogP contribution in [0.15, 0.2) is 12.1 Å². The van der Waals surface area contributed by atoms with Gasteiger partial charge in [0.15, 0.2) is 0 Å². The van der Waals surface area contributed by atoms with Gasteiger partial charge in [0.25, 0.3) is 0 Å². The van der Waals surface area contributed by atoms with Crippen LogP contribution in [0.25, 0.3) is 0 Å². The molecule has 0 amide bonds. The molecule has 0 radical (unpaired) electrons. The highest BCUT2D eigenvalue weighted by Crippen LogP contribution is 2.35. The summed E-state index contributed by atoms with van der Waals surface area (Å²) in [6, 6.07) is 4.09. The molecule has 0 unspecified atom stereocenters. The van der Waals surface area contributed by atoms with Crippen LogP contribution in [0.5, 0.6) is 5.75 Å². The highest BCUT2D eigenvalue weighted by Gasteiger charge is 2.25. The van der Waals surface area contributed by atoms with Crippen molar-refractivity contribution in [2.45, 2.75) is 12.5 Å². The minimum atomic E-state index is 0. The summed E-state index contributed by atoms with van der Waals surface area (Å²) in [6.07, 6.45) is 0.656. The van der Waals surface area contributed by atoms with Gasteiger partial charge in [0, 0.05) is 48.0 Å². The highest BCUT2D eigenvalue weighted by molar-refractivity contribution is 14.1. The van der Waals surface area contributed by atoms with E-state index >= 15 is 0 Å². The van der Waals surface area contributed by atoms with Crippen molar-refractivity contribution < 1.29 is 10.2 Å². The molecule has 0 spiro atoms. The zero-order chi connectivity index (χ0) is 13.8. The minimum Gasteiger partial charge on any atom is -0.506 e. The molecule has 1 fully saturated rings. The average Bonchev–Trinajstić information content (AvgIpc) is 2.41. The number of rotatable bonds is 4. The molecule has 1 heterocycles. The van der Waals surface area contributed by atoms with E-state index in [9.17, 15) is 10.2 Å². The lowest BCUT2D eigenvalue weighted by atomic mass is 10.0. The SMILES string of the molecule is Cl.OCC[C@H](c1cc(I)cc(I)c1O)N1CCNCC1. The van der Waals surface area contributed by atoms with E-state index in [-0.39, 0.29) is 25.1 Å². The van der Waals surface area contributed by atoms with Gasteiger partial charge in [-0.15, -0.1) is 12.4 Å². The fraction of sp³-hybridized carbons (Fsp3) is 0.538. The summed E-state index contributed by atoms with van der Waals surface area (Å²) >= 11 is 4.43. The summed E-state index contributed by atoms with van der Waals surface area (Å²) in [5.41, 5.74) is 0.937. The average molecular weight is 525 g/mol. The molecule has 0 aliphatic carbocycles. The molecule has 0 saturated carbocycles. The maximum atomic E-state index is 10.3. The number of hydrogen-bond acceptors (Lipinski definition) is 4. The third-order valence-electron chi connectivity index (χ3n) is 3.41. The quantitative estimate of drug-likeness (QED) is 0.530. The van der Waals surface area contributed by atoms with Gasteiger partial charge in [0.1, 0.15) is 5.75 Å². The highest BCUT2D eigenvalue weighted by atomic mass is 127. The molecule has 1 aliphatic heterocycles. The summed E-state index contributed by atoms with van der Waals surface area (Å²) in [5, 5.41) is 23.0. The molecular formula is C13H19ClI2N2O2. The molecular weight excluding hydrogens is 505 g/mol. The monoisotopic (exact) mass is 524 g/mol. The predicted molar refractivity (Wildman–Crippen MR) is 99.7 cm³/mol. The number of nitrogens with zero attached hydrogens (tertiary/aromatic N) is 1. The normalized spacial score (nSPS) is 17.6. The van der Waals surface area contributed by atoms with Gasteiger partial charge in [-0.3, -0.25) is 4.90 Å². The van der Waals surface area contributed by atoms with E-state index in [1.807, 2.05) is 12.1 Å². The Labute approximate surface area is 153 Å². The topological polar surface area (TPSA) is 55.7 Å². The van der Waals surface area contributed by atoms with Crippen molar-refractivity contribution in [2.24, 2.45) is 0 Å². The van der Waals surface area contributed by atoms with Crippen LogP contribution in [0.4, 0.5) is 0 Å². The van der Waals surface area contributed by atoms with Crippen molar-refractivity contribution in [1.82, 2.24) is 10.2 Å². The van der Waals surface area contributed by atoms with E-state index in [2.05, 4.69) is 55.4 Å². The third kappa shape index (κ3) is 4.57. The van der Waals surface area contributed by atoms with Crippen LogP contribution in [0.3, 0.4) is 0 Å². The van der Waals surface area contributed by atoms with E-state index in [1.165, 1.54) is 0 Å². The Kier molecular flexibility index (Phi) is 8.36. The molecule has 1 atom stereocenters. The predicted octanol–water partition coefficient (Wildman–Crippen LogP) is 2.35.